The normalized spacial score (nSPS) is 26.0. The summed E-state index contributed by atoms with van der Waals surface area (Å²) < 4.78 is 33.4. The number of rotatable bonds is 2. The van der Waals surface area contributed by atoms with E-state index in [-0.39, 0.29) is 24.1 Å². The van der Waals surface area contributed by atoms with E-state index < -0.39 is 31.0 Å². The van der Waals surface area contributed by atoms with Gasteiger partial charge in [0.15, 0.2) is 0 Å². The number of hydrogen-bond donors (Lipinski definition) is 0. The average molecular weight is 373 g/mol. The van der Waals surface area contributed by atoms with Gasteiger partial charge in [0.1, 0.15) is 5.75 Å². The van der Waals surface area contributed by atoms with Crippen molar-refractivity contribution in [2.75, 3.05) is 19.6 Å². The van der Waals surface area contributed by atoms with E-state index in [2.05, 4.69) is 0 Å². The molecule has 1 unspecified atom stereocenters. The Balaban J connectivity index is 1.71. The molecule has 0 bridgehead atoms. The summed E-state index contributed by atoms with van der Waals surface area (Å²) in [4.78, 5) is 26.9. The Morgan fingerprint density at radius 3 is 2.60 bits per heavy atom. The third kappa shape index (κ3) is 4.03. The largest absolute Gasteiger partial charge is 0.415 e. The second-order valence-corrected chi connectivity index (χ2v) is 7.07. The maximum atomic E-state index is 14.1. The first-order valence-corrected chi connectivity index (χ1v) is 8.53. The fourth-order valence-electron chi connectivity index (χ4n) is 3.30. The summed E-state index contributed by atoms with van der Waals surface area (Å²) in [6.07, 6.45) is -0.641. The molecule has 3 rings (SSSR count). The number of carbonyl (C=O) groups excluding carboxylic acids is 2. The van der Waals surface area contributed by atoms with Crippen LogP contribution < -0.4 is 4.74 Å². The van der Waals surface area contributed by atoms with Crippen LogP contribution >= 0.6 is 11.6 Å². The van der Waals surface area contributed by atoms with Gasteiger partial charge in [-0.15, -0.1) is 0 Å². The molecular weight excluding hydrogens is 354 g/mol. The van der Waals surface area contributed by atoms with Crippen molar-refractivity contribution in [1.82, 2.24) is 9.80 Å². The zero-order valence-electron chi connectivity index (χ0n) is 13.8. The number of halogens is 3. The first kappa shape index (κ1) is 17.9. The number of likely N-dealkylation sites (tertiary alicyclic amines) is 2. The minimum Gasteiger partial charge on any atom is -0.410 e. The molecule has 8 heteroatoms. The number of amides is 2. The van der Waals surface area contributed by atoms with Gasteiger partial charge in [0.05, 0.1) is 12.6 Å². The number of benzene rings is 1. The summed E-state index contributed by atoms with van der Waals surface area (Å²) in [5, 5.41) is 0.478. The van der Waals surface area contributed by atoms with E-state index in [1.807, 2.05) is 0 Å². The number of alkyl halides is 2. The molecule has 2 aliphatic rings. The van der Waals surface area contributed by atoms with Crippen LogP contribution in [-0.4, -0.2) is 53.4 Å². The standard InChI is InChI=1S/C17H19ClF2N2O3/c1-11-6-7-22(15(11)23)13-8-17(19,20)10-21(9-13)16(24)25-14-4-2-12(18)3-5-14/h2-5,11,13H,6-10H2,1H3/t11-,13?/m0/s1. The topological polar surface area (TPSA) is 49.9 Å². The molecule has 2 atom stereocenters. The van der Waals surface area contributed by atoms with Crippen molar-refractivity contribution in [2.24, 2.45) is 5.92 Å². The van der Waals surface area contributed by atoms with Gasteiger partial charge >= 0.3 is 6.09 Å². The molecule has 0 aliphatic carbocycles. The van der Waals surface area contributed by atoms with Gasteiger partial charge in [-0.3, -0.25) is 9.69 Å². The highest BCUT2D eigenvalue weighted by atomic mass is 35.5. The lowest BCUT2D eigenvalue weighted by Gasteiger charge is -2.40. The van der Waals surface area contributed by atoms with Gasteiger partial charge in [-0.2, -0.15) is 0 Å². The summed E-state index contributed by atoms with van der Waals surface area (Å²) in [6.45, 7) is 1.56. The minimum absolute atomic E-state index is 0.0421. The molecule has 2 fully saturated rings. The first-order chi connectivity index (χ1) is 11.7. The molecule has 2 amide bonds. The summed E-state index contributed by atoms with van der Waals surface area (Å²) >= 11 is 5.76. The molecule has 25 heavy (non-hydrogen) atoms. The summed E-state index contributed by atoms with van der Waals surface area (Å²) in [5.41, 5.74) is 0. The van der Waals surface area contributed by atoms with Crippen molar-refractivity contribution < 1.29 is 23.1 Å². The SMILES string of the molecule is C[C@H]1CCN(C2CN(C(=O)Oc3ccc(Cl)cc3)CC(F)(F)C2)C1=O. The minimum atomic E-state index is -3.06. The maximum Gasteiger partial charge on any atom is 0.415 e. The Labute approximate surface area is 149 Å². The Kier molecular flexibility index (Phi) is 4.86. The van der Waals surface area contributed by atoms with E-state index in [9.17, 15) is 18.4 Å². The number of hydrogen-bond acceptors (Lipinski definition) is 3. The van der Waals surface area contributed by atoms with Gasteiger partial charge in [0.2, 0.25) is 5.91 Å². The van der Waals surface area contributed by atoms with Crippen LogP contribution in [0.2, 0.25) is 5.02 Å². The van der Waals surface area contributed by atoms with Crippen LogP contribution in [0.5, 0.6) is 5.75 Å². The average Bonchev–Trinajstić information content (AvgIpc) is 2.87. The molecule has 136 valence electrons. The number of piperidine rings is 1. The lowest BCUT2D eigenvalue weighted by Crippen LogP contribution is -2.57. The van der Waals surface area contributed by atoms with Crippen molar-refractivity contribution in [3.63, 3.8) is 0 Å². The smallest absolute Gasteiger partial charge is 0.410 e. The van der Waals surface area contributed by atoms with E-state index in [1.165, 1.54) is 17.0 Å². The summed E-state index contributed by atoms with van der Waals surface area (Å²) in [7, 11) is 0. The molecule has 0 spiro atoms. The Morgan fingerprint density at radius 1 is 1.32 bits per heavy atom. The predicted octanol–water partition coefficient (Wildman–Crippen LogP) is 3.42. The van der Waals surface area contributed by atoms with Gasteiger partial charge in [-0.05, 0) is 30.7 Å². The lowest BCUT2D eigenvalue weighted by molar-refractivity contribution is -0.138. The highest BCUT2D eigenvalue weighted by molar-refractivity contribution is 6.30. The van der Waals surface area contributed by atoms with Gasteiger partial charge in [0.25, 0.3) is 5.92 Å². The van der Waals surface area contributed by atoms with Crippen LogP contribution in [0.15, 0.2) is 24.3 Å². The number of nitrogens with zero attached hydrogens (tertiary/aromatic N) is 2. The molecule has 0 saturated carbocycles. The molecular formula is C17H19ClF2N2O3. The zero-order chi connectivity index (χ0) is 18.2. The molecule has 0 radical (unpaired) electrons. The lowest BCUT2D eigenvalue weighted by atomic mass is 10.0. The molecule has 0 aromatic heterocycles. The third-order valence-electron chi connectivity index (χ3n) is 4.61. The van der Waals surface area contributed by atoms with Gasteiger partial charge in [-0.1, -0.05) is 18.5 Å². The molecule has 2 heterocycles. The van der Waals surface area contributed by atoms with Crippen molar-refractivity contribution in [2.45, 2.75) is 31.7 Å². The quantitative estimate of drug-likeness (QED) is 0.799. The monoisotopic (exact) mass is 372 g/mol. The predicted molar refractivity (Wildman–Crippen MR) is 87.9 cm³/mol. The summed E-state index contributed by atoms with van der Waals surface area (Å²) in [6, 6.07) is 5.38. The van der Waals surface area contributed by atoms with E-state index in [4.69, 9.17) is 16.3 Å². The van der Waals surface area contributed by atoms with Crippen LogP contribution in [0.1, 0.15) is 19.8 Å². The van der Waals surface area contributed by atoms with Gasteiger partial charge in [-0.25, -0.2) is 13.6 Å². The molecule has 2 aliphatic heterocycles. The van der Waals surface area contributed by atoms with Crippen molar-refractivity contribution in [3.05, 3.63) is 29.3 Å². The highest BCUT2D eigenvalue weighted by Crippen LogP contribution is 2.33. The van der Waals surface area contributed by atoms with Crippen molar-refractivity contribution >= 4 is 23.6 Å². The van der Waals surface area contributed by atoms with Crippen molar-refractivity contribution in [1.29, 1.82) is 0 Å². The maximum absolute atomic E-state index is 14.1. The van der Waals surface area contributed by atoms with E-state index in [0.717, 1.165) is 4.90 Å². The molecule has 2 saturated heterocycles. The first-order valence-electron chi connectivity index (χ1n) is 8.16. The second-order valence-electron chi connectivity index (χ2n) is 6.64. The van der Waals surface area contributed by atoms with Crippen molar-refractivity contribution in [3.8, 4) is 5.75 Å². The van der Waals surface area contributed by atoms with Gasteiger partial charge < -0.3 is 9.64 Å². The Bertz CT molecular complexity index is 668. The van der Waals surface area contributed by atoms with Crippen LogP contribution in [0.3, 0.4) is 0 Å². The van der Waals surface area contributed by atoms with E-state index >= 15 is 0 Å². The third-order valence-corrected chi connectivity index (χ3v) is 4.86. The summed E-state index contributed by atoms with van der Waals surface area (Å²) in [5.74, 6) is -3.13. The van der Waals surface area contributed by atoms with E-state index in [0.29, 0.717) is 18.0 Å². The fourth-order valence-corrected chi connectivity index (χ4v) is 3.43. The number of carbonyl (C=O) groups is 2. The molecule has 0 N–H and O–H groups in total. The fraction of sp³-hybridized carbons (Fsp3) is 0.529. The molecule has 1 aromatic rings. The van der Waals surface area contributed by atoms with Gasteiger partial charge in [0, 0.05) is 30.5 Å². The Morgan fingerprint density at radius 2 is 2.00 bits per heavy atom. The van der Waals surface area contributed by atoms with Crippen LogP contribution in [0.25, 0.3) is 0 Å². The number of ether oxygens (including phenoxy) is 1. The second kappa shape index (κ2) is 6.78. The zero-order valence-corrected chi connectivity index (χ0v) is 14.5. The van der Waals surface area contributed by atoms with Crippen LogP contribution in [0, 0.1) is 5.92 Å². The molecule has 5 nitrogen and oxygen atoms in total. The van der Waals surface area contributed by atoms with E-state index in [1.54, 1.807) is 19.1 Å². The molecule has 1 aromatic carbocycles. The highest BCUT2D eigenvalue weighted by Gasteiger charge is 2.47. The van der Waals surface area contributed by atoms with Crippen LogP contribution in [0.4, 0.5) is 13.6 Å². The Hall–Kier alpha value is -1.89. The van der Waals surface area contributed by atoms with Crippen LogP contribution in [-0.2, 0) is 4.79 Å².